The second-order valence-electron chi connectivity index (χ2n) is 6.04. The molecule has 0 aromatic carbocycles. The number of sulfonamides is 1. The first kappa shape index (κ1) is 18.9. The van der Waals surface area contributed by atoms with Gasteiger partial charge in [-0.15, -0.1) is 0 Å². The average molecular weight is 292 g/mol. The summed E-state index contributed by atoms with van der Waals surface area (Å²) in [4.78, 5) is 0. The van der Waals surface area contributed by atoms with Crippen molar-refractivity contribution in [2.45, 2.75) is 47.0 Å². The van der Waals surface area contributed by atoms with E-state index in [2.05, 4.69) is 33.0 Å². The minimum Gasteiger partial charge on any atom is -0.320 e. The normalized spacial score (nSPS) is 12.8. The van der Waals surface area contributed by atoms with Gasteiger partial charge in [0.25, 0.3) is 0 Å². The topological polar surface area (TPSA) is 49.4 Å². The molecule has 0 saturated carbocycles. The maximum Gasteiger partial charge on any atom is 0.214 e. The molecule has 0 rings (SSSR count). The molecule has 0 aliphatic rings. The van der Waals surface area contributed by atoms with Gasteiger partial charge in [0.05, 0.1) is 5.75 Å². The van der Waals surface area contributed by atoms with Gasteiger partial charge in [0, 0.05) is 13.1 Å². The van der Waals surface area contributed by atoms with E-state index in [1.54, 1.807) is 4.31 Å². The molecule has 4 nitrogen and oxygen atoms in total. The van der Waals surface area contributed by atoms with Crippen LogP contribution in [0.2, 0.25) is 0 Å². The zero-order chi connectivity index (χ0) is 14.9. The minimum atomic E-state index is -3.09. The molecule has 0 radical (unpaired) electrons. The molecular formula is C14H32N2O2S. The summed E-state index contributed by atoms with van der Waals surface area (Å²) in [5.41, 5.74) is 0. The van der Waals surface area contributed by atoms with E-state index in [-0.39, 0.29) is 5.75 Å². The van der Waals surface area contributed by atoms with Crippen LogP contribution < -0.4 is 5.32 Å². The zero-order valence-electron chi connectivity index (χ0n) is 13.3. The predicted molar refractivity (Wildman–Crippen MR) is 82.8 cm³/mol. The SMILES string of the molecule is CNCCCS(=O)(=O)N(CCC(C)C)CCC(C)C. The summed E-state index contributed by atoms with van der Waals surface area (Å²) >= 11 is 0. The van der Waals surface area contributed by atoms with Crippen molar-refractivity contribution >= 4 is 10.0 Å². The fourth-order valence-corrected chi connectivity index (χ4v) is 3.29. The Bertz CT molecular complexity index is 301. The van der Waals surface area contributed by atoms with Crippen molar-refractivity contribution in [2.75, 3.05) is 32.4 Å². The molecule has 19 heavy (non-hydrogen) atoms. The van der Waals surface area contributed by atoms with Gasteiger partial charge in [-0.2, -0.15) is 0 Å². The lowest BCUT2D eigenvalue weighted by molar-refractivity contribution is 0.356. The van der Waals surface area contributed by atoms with E-state index < -0.39 is 10.0 Å². The van der Waals surface area contributed by atoms with Crippen molar-refractivity contribution in [1.82, 2.24) is 9.62 Å². The lowest BCUT2D eigenvalue weighted by Crippen LogP contribution is -2.36. The quantitative estimate of drug-likeness (QED) is 0.595. The molecule has 0 fully saturated rings. The van der Waals surface area contributed by atoms with Crippen molar-refractivity contribution < 1.29 is 8.42 Å². The summed E-state index contributed by atoms with van der Waals surface area (Å²) in [5.74, 6) is 1.33. The van der Waals surface area contributed by atoms with E-state index in [4.69, 9.17) is 0 Å². The van der Waals surface area contributed by atoms with Crippen molar-refractivity contribution in [3.05, 3.63) is 0 Å². The maximum atomic E-state index is 12.3. The van der Waals surface area contributed by atoms with Gasteiger partial charge in [0.1, 0.15) is 0 Å². The molecule has 0 spiro atoms. The molecule has 116 valence electrons. The van der Waals surface area contributed by atoms with Crippen LogP contribution in [0, 0.1) is 11.8 Å². The van der Waals surface area contributed by atoms with Gasteiger partial charge in [0.15, 0.2) is 0 Å². The Morgan fingerprint density at radius 3 is 1.84 bits per heavy atom. The molecule has 0 atom stereocenters. The van der Waals surface area contributed by atoms with Crippen molar-refractivity contribution in [1.29, 1.82) is 0 Å². The van der Waals surface area contributed by atoms with Gasteiger partial charge in [-0.25, -0.2) is 12.7 Å². The van der Waals surface area contributed by atoms with Crippen molar-refractivity contribution in [3.8, 4) is 0 Å². The Hall–Kier alpha value is -0.130. The van der Waals surface area contributed by atoms with Gasteiger partial charge in [-0.05, 0) is 44.7 Å². The van der Waals surface area contributed by atoms with Crippen LogP contribution in [0.25, 0.3) is 0 Å². The van der Waals surface area contributed by atoms with Gasteiger partial charge in [-0.3, -0.25) is 0 Å². The molecule has 0 amide bonds. The zero-order valence-corrected chi connectivity index (χ0v) is 14.1. The highest BCUT2D eigenvalue weighted by atomic mass is 32.2. The Kier molecular flexibility index (Phi) is 9.66. The second-order valence-corrected chi connectivity index (χ2v) is 8.13. The van der Waals surface area contributed by atoms with Crippen LogP contribution in [-0.4, -0.2) is 45.2 Å². The summed E-state index contributed by atoms with van der Waals surface area (Å²) in [6, 6.07) is 0. The van der Waals surface area contributed by atoms with Crippen LogP contribution in [0.15, 0.2) is 0 Å². The lowest BCUT2D eigenvalue weighted by atomic mass is 10.1. The fourth-order valence-electron chi connectivity index (χ4n) is 1.75. The second kappa shape index (κ2) is 9.72. The van der Waals surface area contributed by atoms with E-state index in [0.29, 0.717) is 31.3 Å². The summed E-state index contributed by atoms with van der Waals surface area (Å²) in [6.07, 6.45) is 2.55. The summed E-state index contributed by atoms with van der Waals surface area (Å²) in [7, 11) is -1.24. The highest BCUT2D eigenvalue weighted by molar-refractivity contribution is 7.89. The van der Waals surface area contributed by atoms with Crippen LogP contribution >= 0.6 is 0 Å². The van der Waals surface area contributed by atoms with Gasteiger partial charge in [-0.1, -0.05) is 27.7 Å². The molecule has 0 saturated heterocycles. The molecular weight excluding hydrogens is 260 g/mol. The molecule has 0 aromatic heterocycles. The lowest BCUT2D eigenvalue weighted by Gasteiger charge is -2.24. The van der Waals surface area contributed by atoms with Crippen LogP contribution in [-0.2, 0) is 10.0 Å². The Labute approximate surface area is 120 Å². The van der Waals surface area contributed by atoms with Crippen LogP contribution in [0.5, 0.6) is 0 Å². The van der Waals surface area contributed by atoms with Gasteiger partial charge < -0.3 is 5.32 Å². The van der Waals surface area contributed by atoms with E-state index in [0.717, 1.165) is 19.4 Å². The maximum absolute atomic E-state index is 12.3. The van der Waals surface area contributed by atoms with Crippen LogP contribution in [0.4, 0.5) is 0 Å². The first-order valence-electron chi connectivity index (χ1n) is 7.42. The summed E-state index contributed by atoms with van der Waals surface area (Å²) in [5, 5.41) is 3.00. The highest BCUT2D eigenvalue weighted by Crippen LogP contribution is 2.11. The third-order valence-corrected chi connectivity index (χ3v) is 5.09. The van der Waals surface area contributed by atoms with Gasteiger partial charge in [0.2, 0.25) is 10.0 Å². The minimum absolute atomic E-state index is 0.254. The van der Waals surface area contributed by atoms with Gasteiger partial charge >= 0.3 is 0 Å². The predicted octanol–water partition coefficient (Wildman–Crippen LogP) is 2.32. The number of nitrogens with zero attached hydrogens (tertiary/aromatic N) is 1. The number of hydrogen-bond acceptors (Lipinski definition) is 3. The van der Waals surface area contributed by atoms with Crippen molar-refractivity contribution in [2.24, 2.45) is 11.8 Å². The summed E-state index contributed by atoms with van der Waals surface area (Å²) in [6.45, 7) is 10.6. The van der Waals surface area contributed by atoms with Crippen LogP contribution in [0.3, 0.4) is 0 Å². The molecule has 0 bridgehead atoms. The molecule has 0 aliphatic carbocycles. The third kappa shape index (κ3) is 9.41. The Morgan fingerprint density at radius 2 is 1.47 bits per heavy atom. The van der Waals surface area contributed by atoms with E-state index in [1.165, 1.54) is 0 Å². The summed E-state index contributed by atoms with van der Waals surface area (Å²) < 4.78 is 26.4. The van der Waals surface area contributed by atoms with E-state index >= 15 is 0 Å². The average Bonchev–Trinajstić information content (AvgIpc) is 2.27. The largest absolute Gasteiger partial charge is 0.320 e. The Morgan fingerprint density at radius 1 is 1.00 bits per heavy atom. The number of hydrogen-bond donors (Lipinski definition) is 1. The van der Waals surface area contributed by atoms with E-state index in [1.807, 2.05) is 7.05 Å². The molecule has 0 unspecified atom stereocenters. The molecule has 1 N–H and O–H groups in total. The number of rotatable bonds is 11. The smallest absolute Gasteiger partial charge is 0.214 e. The fraction of sp³-hybridized carbons (Fsp3) is 1.00. The molecule has 5 heteroatoms. The monoisotopic (exact) mass is 292 g/mol. The number of nitrogens with one attached hydrogen (secondary N) is 1. The highest BCUT2D eigenvalue weighted by Gasteiger charge is 2.21. The first-order chi connectivity index (χ1) is 8.79. The molecule has 0 heterocycles. The Balaban J connectivity index is 4.50. The van der Waals surface area contributed by atoms with E-state index in [9.17, 15) is 8.42 Å². The first-order valence-corrected chi connectivity index (χ1v) is 9.03. The molecule has 0 aliphatic heterocycles. The molecule has 0 aromatic rings. The van der Waals surface area contributed by atoms with Crippen molar-refractivity contribution in [3.63, 3.8) is 0 Å². The van der Waals surface area contributed by atoms with Crippen LogP contribution in [0.1, 0.15) is 47.0 Å². The third-order valence-electron chi connectivity index (χ3n) is 3.13. The standard InChI is InChI=1S/C14H32N2O2S/c1-13(2)7-10-16(11-8-14(3)4)19(17,18)12-6-9-15-5/h13-15H,6-12H2,1-5H3.